The monoisotopic (exact) mass is 445 g/mol. The molecule has 31 heavy (non-hydrogen) atoms. The standard InChI is InChI=1S/C23H28ClN3O4/c1-14-10-15(2)26-22(29)19(14)13-25-21(28)18-11-17(24)12-20(16(18)3)27-6-4-23(5-7-27)30-8-9-31-23/h10-12H,4-9,13H2,1-3H3,(H,25,28)(H,26,29). The number of amides is 1. The summed E-state index contributed by atoms with van der Waals surface area (Å²) in [5.41, 5.74) is 4.33. The molecule has 2 aliphatic heterocycles. The molecule has 0 unspecified atom stereocenters. The number of ether oxygens (including phenoxy) is 2. The Bertz CT molecular complexity index is 1050. The van der Waals surface area contributed by atoms with Gasteiger partial charge in [0.15, 0.2) is 5.79 Å². The molecule has 0 bridgehead atoms. The zero-order chi connectivity index (χ0) is 22.2. The Morgan fingerprint density at radius 2 is 1.84 bits per heavy atom. The van der Waals surface area contributed by atoms with E-state index in [2.05, 4.69) is 15.2 Å². The number of carbonyl (C=O) groups excluding carboxylic acids is 1. The number of nitrogens with one attached hydrogen (secondary N) is 2. The number of hydrogen-bond donors (Lipinski definition) is 2. The van der Waals surface area contributed by atoms with Gasteiger partial charge in [-0.3, -0.25) is 9.59 Å². The summed E-state index contributed by atoms with van der Waals surface area (Å²) < 4.78 is 11.6. The van der Waals surface area contributed by atoms with Crippen LogP contribution in [0.15, 0.2) is 23.0 Å². The van der Waals surface area contributed by atoms with Crippen LogP contribution in [-0.4, -0.2) is 43.0 Å². The number of rotatable bonds is 4. The van der Waals surface area contributed by atoms with Crippen molar-refractivity contribution < 1.29 is 14.3 Å². The van der Waals surface area contributed by atoms with E-state index in [1.165, 1.54) is 0 Å². The second-order valence-corrected chi connectivity index (χ2v) is 8.75. The summed E-state index contributed by atoms with van der Waals surface area (Å²) in [7, 11) is 0. The van der Waals surface area contributed by atoms with Crippen molar-refractivity contribution in [2.75, 3.05) is 31.2 Å². The fourth-order valence-electron chi connectivity index (χ4n) is 4.47. The van der Waals surface area contributed by atoms with Crippen LogP contribution in [0.25, 0.3) is 0 Å². The van der Waals surface area contributed by atoms with E-state index in [-0.39, 0.29) is 18.0 Å². The summed E-state index contributed by atoms with van der Waals surface area (Å²) >= 11 is 6.38. The summed E-state index contributed by atoms with van der Waals surface area (Å²) in [6.45, 7) is 8.60. The number of aromatic nitrogens is 1. The molecule has 0 atom stereocenters. The Morgan fingerprint density at radius 1 is 1.16 bits per heavy atom. The van der Waals surface area contributed by atoms with Crippen molar-refractivity contribution in [2.24, 2.45) is 0 Å². The van der Waals surface area contributed by atoms with E-state index in [4.69, 9.17) is 21.1 Å². The molecule has 2 aromatic rings. The quantitative estimate of drug-likeness (QED) is 0.754. The number of nitrogens with zero attached hydrogens (tertiary/aromatic N) is 1. The molecule has 4 rings (SSSR count). The van der Waals surface area contributed by atoms with Gasteiger partial charge in [0.05, 0.1) is 13.2 Å². The lowest BCUT2D eigenvalue weighted by atomic mass is 9.99. The topological polar surface area (TPSA) is 83.7 Å². The summed E-state index contributed by atoms with van der Waals surface area (Å²) in [5.74, 6) is -0.709. The highest BCUT2D eigenvalue weighted by molar-refractivity contribution is 6.31. The Kier molecular flexibility index (Phi) is 6.10. The van der Waals surface area contributed by atoms with Gasteiger partial charge < -0.3 is 24.7 Å². The number of aryl methyl sites for hydroxylation is 2. The maximum absolute atomic E-state index is 13.0. The van der Waals surface area contributed by atoms with Crippen LogP contribution >= 0.6 is 11.6 Å². The molecule has 2 aliphatic rings. The normalized spacial score (nSPS) is 17.9. The lowest BCUT2D eigenvalue weighted by Gasteiger charge is -2.39. The van der Waals surface area contributed by atoms with Gasteiger partial charge in [0, 0.05) is 60.0 Å². The molecule has 3 heterocycles. The second kappa shape index (κ2) is 8.65. The van der Waals surface area contributed by atoms with Crippen molar-refractivity contribution in [2.45, 2.75) is 45.9 Å². The predicted octanol–water partition coefficient (Wildman–Crippen LogP) is 3.23. The third-order valence-electron chi connectivity index (χ3n) is 6.19. The van der Waals surface area contributed by atoms with Crippen molar-refractivity contribution in [3.05, 3.63) is 61.5 Å². The molecule has 1 amide bonds. The van der Waals surface area contributed by atoms with Gasteiger partial charge in [0.25, 0.3) is 11.5 Å². The fourth-order valence-corrected chi connectivity index (χ4v) is 4.68. The zero-order valence-corrected chi connectivity index (χ0v) is 18.9. The molecule has 8 heteroatoms. The number of anilines is 1. The van der Waals surface area contributed by atoms with E-state index in [1.807, 2.05) is 32.9 Å². The number of halogens is 1. The first kappa shape index (κ1) is 21.9. The van der Waals surface area contributed by atoms with Gasteiger partial charge >= 0.3 is 0 Å². The van der Waals surface area contributed by atoms with E-state index in [0.717, 1.165) is 48.4 Å². The Morgan fingerprint density at radius 3 is 2.48 bits per heavy atom. The molecule has 0 aliphatic carbocycles. The average molecular weight is 446 g/mol. The summed E-state index contributed by atoms with van der Waals surface area (Å²) in [5, 5.41) is 3.38. The highest BCUT2D eigenvalue weighted by Gasteiger charge is 2.40. The number of hydrogen-bond acceptors (Lipinski definition) is 5. The first-order valence-electron chi connectivity index (χ1n) is 10.6. The highest BCUT2D eigenvalue weighted by Crippen LogP contribution is 2.36. The van der Waals surface area contributed by atoms with Crippen molar-refractivity contribution in [1.29, 1.82) is 0 Å². The Labute approximate surface area is 186 Å². The van der Waals surface area contributed by atoms with Gasteiger partial charge in [-0.25, -0.2) is 0 Å². The first-order valence-corrected chi connectivity index (χ1v) is 11.0. The lowest BCUT2D eigenvalue weighted by molar-refractivity contribution is -0.169. The van der Waals surface area contributed by atoms with Crippen LogP contribution in [0.3, 0.4) is 0 Å². The van der Waals surface area contributed by atoms with E-state index in [0.29, 0.717) is 29.4 Å². The van der Waals surface area contributed by atoms with Gasteiger partial charge in [-0.05, 0) is 50.1 Å². The number of pyridine rings is 1. The maximum atomic E-state index is 13.0. The minimum Gasteiger partial charge on any atom is -0.371 e. The minimum atomic E-state index is -0.456. The van der Waals surface area contributed by atoms with Crippen molar-refractivity contribution in [3.8, 4) is 0 Å². The van der Waals surface area contributed by atoms with Crippen molar-refractivity contribution in [1.82, 2.24) is 10.3 Å². The Balaban J connectivity index is 1.51. The van der Waals surface area contributed by atoms with Crippen LogP contribution in [0.4, 0.5) is 5.69 Å². The molecule has 1 aromatic heterocycles. The highest BCUT2D eigenvalue weighted by atomic mass is 35.5. The molecular formula is C23H28ClN3O4. The van der Waals surface area contributed by atoms with Crippen LogP contribution in [0.2, 0.25) is 5.02 Å². The van der Waals surface area contributed by atoms with Gasteiger partial charge in [-0.1, -0.05) is 11.6 Å². The number of aromatic amines is 1. The third-order valence-corrected chi connectivity index (χ3v) is 6.41. The van der Waals surface area contributed by atoms with Gasteiger partial charge in [-0.2, -0.15) is 0 Å². The van der Waals surface area contributed by atoms with E-state index < -0.39 is 5.79 Å². The van der Waals surface area contributed by atoms with Gasteiger partial charge in [-0.15, -0.1) is 0 Å². The molecule has 1 spiro atoms. The minimum absolute atomic E-state index is 0.155. The summed E-state index contributed by atoms with van der Waals surface area (Å²) in [6, 6.07) is 5.47. The second-order valence-electron chi connectivity index (χ2n) is 8.32. The largest absolute Gasteiger partial charge is 0.371 e. The number of benzene rings is 1. The fraction of sp³-hybridized carbons (Fsp3) is 0.478. The molecule has 7 nitrogen and oxygen atoms in total. The number of piperidine rings is 1. The number of carbonyl (C=O) groups is 1. The molecule has 0 radical (unpaired) electrons. The summed E-state index contributed by atoms with van der Waals surface area (Å²) in [6.07, 6.45) is 1.55. The van der Waals surface area contributed by atoms with E-state index in [1.54, 1.807) is 6.07 Å². The zero-order valence-electron chi connectivity index (χ0n) is 18.1. The lowest BCUT2D eigenvalue weighted by Crippen LogP contribution is -2.45. The van der Waals surface area contributed by atoms with Crippen LogP contribution in [-0.2, 0) is 16.0 Å². The number of H-pyrrole nitrogens is 1. The van der Waals surface area contributed by atoms with Gasteiger partial charge in [0.2, 0.25) is 0 Å². The maximum Gasteiger partial charge on any atom is 0.253 e. The average Bonchev–Trinajstić information content (AvgIpc) is 3.17. The van der Waals surface area contributed by atoms with Crippen molar-refractivity contribution in [3.63, 3.8) is 0 Å². The molecule has 2 saturated heterocycles. The van der Waals surface area contributed by atoms with Gasteiger partial charge in [0.1, 0.15) is 0 Å². The van der Waals surface area contributed by atoms with Crippen molar-refractivity contribution >= 4 is 23.2 Å². The van der Waals surface area contributed by atoms with Crippen LogP contribution < -0.4 is 15.8 Å². The summed E-state index contributed by atoms with van der Waals surface area (Å²) in [4.78, 5) is 30.2. The first-order chi connectivity index (χ1) is 14.8. The molecule has 166 valence electrons. The molecular weight excluding hydrogens is 418 g/mol. The molecule has 1 aromatic carbocycles. The molecule has 2 fully saturated rings. The van der Waals surface area contributed by atoms with Crippen LogP contribution in [0.5, 0.6) is 0 Å². The predicted molar refractivity (Wildman–Crippen MR) is 120 cm³/mol. The Hall–Kier alpha value is -2.35. The molecule has 2 N–H and O–H groups in total. The van der Waals surface area contributed by atoms with Crippen LogP contribution in [0.1, 0.15) is 45.6 Å². The molecule has 0 saturated carbocycles. The third kappa shape index (κ3) is 4.49. The van der Waals surface area contributed by atoms with E-state index >= 15 is 0 Å². The smallest absolute Gasteiger partial charge is 0.253 e. The van der Waals surface area contributed by atoms with Crippen LogP contribution in [0, 0.1) is 20.8 Å². The van der Waals surface area contributed by atoms with E-state index in [9.17, 15) is 9.59 Å². The SMILES string of the molecule is Cc1cc(C)c(CNC(=O)c2cc(Cl)cc(N3CCC4(CC3)OCCO4)c2C)c(=O)[nH]1.